The van der Waals surface area contributed by atoms with Crippen molar-refractivity contribution in [1.82, 2.24) is 15.3 Å². The number of nitrogens with one attached hydrogen (secondary N) is 2. The minimum absolute atomic E-state index is 0.624. The van der Waals surface area contributed by atoms with Crippen LogP contribution in [0.25, 0.3) is 22.4 Å². The number of nitrogens with zero attached hydrogens (tertiary/aromatic N) is 1. The molecule has 1 aromatic heterocycles. The highest BCUT2D eigenvalue weighted by molar-refractivity contribution is 5.79. The van der Waals surface area contributed by atoms with Crippen LogP contribution in [0.5, 0.6) is 5.75 Å². The molecule has 2 heterocycles. The summed E-state index contributed by atoms with van der Waals surface area (Å²) in [7, 11) is 0. The zero-order valence-corrected chi connectivity index (χ0v) is 13.1. The highest BCUT2D eigenvalue weighted by Crippen LogP contribution is 2.23. The number of ether oxygens (including phenoxy) is 1. The predicted molar refractivity (Wildman–Crippen MR) is 92.6 cm³/mol. The van der Waals surface area contributed by atoms with Crippen LogP contribution in [-0.4, -0.2) is 29.7 Å². The number of fused-ring (bicyclic) bond motifs is 1. The molecule has 1 saturated heterocycles. The van der Waals surface area contributed by atoms with Gasteiger partial charge >= 0.3 is 0 Å². The summed E-state index contributed by atoms with van der Waals surface area (Å²) in [6, 6.07) is 16.3. The van der Waals surface area contributed by atoms with Gasteiger partial charge in [-0.25, -0.2) is 4.98 Å². The summed E-state index contributed by atoms with van der Waals surface area (Å²) in [5, 5.41) is 3.42. The predicted octanol–water partition coefficient (Wildman–Crippen LogP) is 3.61. The minimum Gasteiger partial charge on any atom is -0.493 e. The molecule has 1 fully saturated rings. The topological polar surface area (TPSA) is 49.9 Å². The van der Waals surface area contributed by atoms with Crippen molar-refractivity contribution in [3.8, 4) is 17.1 Å². The first-order valence-corrected chi connectivity index (χ1v) is 8.27. The largest absolute Gasteiger partial charge is 0.493 e. The Labute approximate surface area is 135 Å². The molecule has 1 atom stereocenters. The number of aromatic amines is 1. The Bertz CT molecular complexity index is 740. The highest BCUT2D eigenvalue weighted by Gasteiger charge is 2.13. The van der Waals surface area contributed by atoms with E-state index in [0.717, 1.165) is 47.9 Å². The van der Waals surface area contributed by atoms with Gasteiger partial charge < -0.3 is 15.0 Å². The monoisotopic (exact) mass is 307 g/mol. The molecule has 0 saturated carbocycles. The lowest BCUT2D eigenvalue weighted by molar-refractivity contribution is 0.218. The van der Waals surface area contributed by atoms with E-state index in [4.69, 9.17) is 4.74 Å². The van der Waals surface area contributed by atoms with Crippen molar-refractivity contribution in [2.75, 3.05) is 19.7 Å². The Morgan fingerprint density at radius 2 is 1.96 bits per heavy atom. The fraction of sp³-hybridized carbons (Fsp3) is 0.316. The van der Waals surface area contributed by atoms with Gasteiger partial charge in [-0.3, -0.25) is 0 Å². The van der Waals surface area contributed by atoms with E-state index in [2.05, 4.69) is 27.4 Å². The Morgan fingerprint density at radius 3 is 2.74 bits per heavy atom. The Kier molecular flexibility index (Phi) is 3.99. The van der Waals surface area contributed by atoms with Crippen molar-refractivity contribution in [3.63, 3.8) is 0 Å². The van der Waals surface area contributed by atoms with Crippen LogP contribution >= 0.6 is 0 Å². The first-order chi connectivity index (χ1) is 11.4. The summed E-state index contributed by atoms with van der Waals surface area (Å²) in [4.78, 5) is 7.98. The van der Waals surface area contributed by atoms with Gasteiger partial charge in [0.2, 0.25) is 0 Å². The molecule has 118 valence electrons. The number of benzene rings is 2. The molecule has 1 aliphatic rings. The molecule has 4 rings (SSSR count). The number of aromatic nitrogens is 2. The molecule has 3 aromatic rings. The third-order valence-corrected chi connectivity index (χ3v) is 4.40. The van der Waals surface area contributed by atoms with Gasteiger partial charge in [0.05, 0.1) is 17.6 Å². The van der Waals surface area contributed by atoms with Crippen molar-refractivity contribution in [2.24, 2.45) is 5.92 Å². The normalized spacial score (nSPS) is 18.2. The number of H-pyrrole nitrogens is 1. The molecule has 4 nitrogen and oxygen atoms in total. The number of para-hydroxylation sites is 2. The van der Waals surface area contributed by atoms with Gasteiger partial charge in [-0.15, -0.1) is 0 Å². The summed E-state index contributed by atoms with van der Waals surface area (Å²) in [6.07, 6.45) is 2.50. The maximum Gasteiger partial charge on any atom is 0.138 e. The van der Waals surface area contributed by atoms with Crippen molar-refractivity contribution in [3.05, 3.63) is 48.5 Å². The van der Waals surface area contributed by atoms with Gasteiger partial charge in [0.15, 0.2) is 0 Å². The van der Waals surface area contributed by atoms with E-state index in [1.165, 1.54) is 12.8 Å². The molecule has 0 bridgehead atoms. The zero-order valence-electron chi connectivity index (χ0n) is 13.1. The third kappa shape index (κ3) is 3.22. The Balaban J connectivity index is 1.44. The SMILES string of the molecule is c1ccc2[nH]c(-c3ccc(OCC4CCCNC4)cc3)nc2c1. The Morgan fingerprint density at radius 1 is 1.09 bits per heavy atom. The summed E-state index contributed by atoms with van der Waals surface area (Å²) >= 11 is 0. The van der Waals surface area contributed by atoms with Gasteiger partial charge in [0.1, 0.15) is 11.6 Å². The average molecular weight is 307 g/mol. The van der Waals surface area contributed by atoms with E-state index in [1.54, 1.807) is 0 Å². The quantitative estimate of drug-likeness (QED) is 0.774. The number of rotatable bonds is 4. The van der Waals surface area contributed by atoms with E-state index in [1.807, 2.05) is 36.4 Å². The van der Waals surface area contributed by atoms with Gasteiger partial charge in [-0.1, -0.05) is 12.1 Å². The van der Waals surface area contributed by atoms with Crippen molar-refractivity contribution < 1.29 is 4.74 Å². The van der Waals surface area contributed by atoms with E-state index >= 15 is 0 Å². The molecular weight excluding hydrogens is 286 g/mol. The molecule has 0 amide bonds. The molecule has 4 heteroatoms. The van der Waals surface area contributed by atoms with Gasteiger partial charge in [0, 0.05) is 18.0 Å². The second kappa shape index (κ2) is 6.42. The lowest BCUT2D eigenvalue weighted by atomic mass is 10.0. The van der Waals surface area contributed by atoms with E-state index in [0.29, 0.717) is 5.92 Å². The zero-order chi connectivity index (χ0) is 15.5. The van der Waals surface area contributed by atoms with Crippen molar-refractivity contribution in [1.29, 1.82) is 0 Å². The molecular formula is C19H21N3O. The lowest BCUT2D eigenvalue weighted by Gasteiger charge is -2.22. The van der Waals surface area contributed by atoms with Crippen LogP contribution < -0.4 is 10.1 Å². The van der Waals surface area contributed by atoms with Gasteiger partial charge in [0.25, 0.3) is 0 Å². The average Bonchev–Trinajstić information content (AvgIpc) is 3.05. The van der Waals surface area contributed by atoms with Crippen LogP contribution in [-0.2, 0) is 0 Å². The van der Waals surface area contributed by atoms with Crippen LogP contribution in [0, 0.1) is 5.92 Å². The van der Waals surface area contributed by atoms with E-state index < -0.39 is 0 Å². The van der Waals surface area contributed by atoms with Crippen LogP contribution in [0.1, 0.15) is 12.8 Å². The minimum atomic E-state index is 0.624. The van der Waals surface area contributed by atoms with E-state index in [9.17, 15) is 0 Å². The molecule has 1 aliphatic heterocycles. The molecule has 2 N–H and O–H groups in total. The molecule has 0 radical (unpaired) electrons. The fourth-order valence-electron chi connectivity index (χ4n) is 3.08. The van der Waals surface area contributed by atoms with Crippen LogP contribution in [0.3, 0.4) is 0 Å². The number of hydrogen-bond acceptors (Lipinski definition) is 3. The second-order valence-electron chi connectivity index (χ2n) is 6.15. The number of piperidine rings is 1. The van der Waals surface area contributed by atoms with Gasteiger partial charge in [-0.2, -0.15) is 0 Å². The molecule has 23 heavy (non-hydrogen) atoms. The van der Waals surface area contributed by atoms with Crippen LogP contribution in [0.4, 0.5) is 0 Å². The summed E-state index contributed by atoms with van der Waals surface area (Å²) in [5.74, 6) is 2.45. The van der Waals surface area contributed by atoms with Crippen LogP contribution in [0.15, 0.2) is 48.5 Å². The first kappa shape index (κ1) is 14.3. The smallest absolute Gasteiger partial charge is 0.138 e. The summed E-state index contributed by atoms with van der Waals surface area (Å²) in [5.41, 5.74) is 3.13. The summed E-state index contributed by atoms with van der Waals surface area (Å²) < 4.78 is 5.92. The molecule has 2 aromatic carbocycles. The molecule has 0 aliphatic carbocycles. The van der Waals surface area contributed by atoms with Crippen molar-refractivity contribution >= 4 is 11.0 Å². The fourth-order valence-corrected chi connectivity index (χ4v) is 3.08. The molecule has 1 unspecified atom stereocenters. The number of imidazole rings is 1. The second-order valence-corrected chi connectivity index (χ2v) is 6.15. The standard InChI is InChI=1S/C19H21N3O/c1-2-6-18-17(5-1)21-19(22-18)15-7-9-16(10-8-15)23-13-14-4-3-11-20-12-14/h1-2,5-10,14,20H,3-4,11-13H2,(H,21,22). The van der Waals surface area contributed by atoms with Gasteiger partial charge in [-0.05, 0) is 55.8 Å². The Hall–Kier alpha value is -2.33. The van der Waals surface area contributed by atoms with Crippen molar-refractivity contribution in [2.45, 2.75) is 12.8 Å². The number of hydrogen-bond donors (Lipinski definition) is 2. The third-order valence-electron chi connectivity index (χ3n) is 4.40. The van der Waals surface area contributed by atoms with E-state index in [-0.39, 0.29) is 0 Å². The first-order valence-electron chi connectivity index (χ1n) is 8.27. The molecule has 0 spiro atoms. The summed E-state index contributed by atoms with van der Waals surface area (Å²) in [6.45, 7) is 3.00. The highest BCUT2D eigenvalue weighted by atomic mass is 16.5. The maximum atomic E-state index is 5.92. The van der Waals surface area contributed by atoms with Crippen LogP contribution in [0.2, 0.25) is 0 Å². The lowest BCUT2D eigenvalue weighted by Crippen LogP contribution is -2.33. The maximum absolute atomic E-state index is 5.92.